The quantitative estimate of drug-likeness (QED) is 0.183. The van der Waals surface area contributed by atoms with Crippen molar-refractivity contribution < 1.29 is 14.4 Å². The van der Waals surface area contributed by atoms with E-state index in [0.29, 0.717) is 45.9 Å². The summed E-state index contributed by atoms with van der Waals surface area (Å²) in [7, 11) is 0. The number of nitrogens with one attached hydrogen (secondary N) is 2. The molecule has 1 aromatic heterocycles. The SMILES string of the molecule is C=CCn1c(CC(=O)Nc2cccc(Cl)c2Cl)nnc1S[C@H](CC)C(=O)Nc1cccc(C(C)=O)c1. The minimum absolute atomic E-state index is 0.0644. The monoisotopic (exact) mass is 545 g/mol. The second kappa shape index (κ2) is 12.7. The summed E-state index contributed by atoms with van der Waals surface area (Å²) >= 11 is 13.4. The molecule has 0 spiro atoms. The van der Waals surface area contributed by atoms with Crippen molar-refractivity contribution in [3.8, 4) is 0 Å². The number of hydrogen-bond acceptors (Lipinski definition) is 6. The number of carbonyl (C=O) groups excluding carboxylic acids is 3. The summed E-state index contributed by atoms with van der Waals surface area (Å²) in [5.41, 5.74) is 1.45. The summed E-state index contributed by atoms with van der Waals surface area (Å²) in [4.78, 5) is 37.3. The van der Waals surface area contributed by atoms with Gasteiger partial charge in [0.15, 0.2) is 10.9 Å². The Balaban J connectivity index is 1.73. The maximum absolute atomic E-state index is 13.0. The molecule has 0 saturated carbocycles. The molecule has 0 fully saturated rings. The van der Waals surface area contributed by atoms with Crippen LogP contribution in [0.3, 0.4) is 0 Å². The zero-order chi connectivity index (χ0) is 26.2. The van der Waals surface area contributed by atoms with Crippen molar-refractivity contribution in [1.29, 1.82) is 0 Å². The summed E-state index contributed by atoms with van der Waals surface area (Å²) in [5.74, 6) is -0.244. The molecule has 0 radical (unpaired) electrons. The number of nitrogens with zero attached hydrogens (tertiary/aromatic N) is 3. The van der Waals surface area contributed by atoms with Crippen LogP contribution in [0.4, 0.5) is 11.4 Å². The maximum Gasteiger partial charge on any atom is 0.237 e. The number of aromatic nitrogens is 3. The van der Waals surface area contributed by atoms with Crippen LogP contribution in [0.5, 0.6) is 0 Å². The molecule has 1 atom stereocenters. The highest BCUT2D eigenvalue weighted by Gasteiger charge is 2.23. The second-order valence-electron chi connectivity index (χ2n) is 7.77. The van der Waals surface area contributed by atoms with Crippen LogP contribution in [0, 0.1) is 0 Å². The number of rotatable bonds is 11. The Hall–Kier alpha value is -3.14. The van der Waals surface area contributed by atoms with E-state index in [1.165, 1.54) is 18.7 Å². The van der Waals surface area contributed by atoms with Gasteiger partial charge in [0.1, 0.15) is 5.82 Å². The zero-order valence-corrected chi connectivity index (χ0v) is 22.1. The number of carbonyl (C=O) groups is 3. The molecule has 36 heavy (non-hydrogen) atoms. The Morgan fingerprint density at radius 2 is 1.89 bits per heavy atom. The first-order chi connectivity index (χ1) is 17.2. The van der Waals surface area contributed by atoms with Gasteiger partial charge in [-0.2, -0.15) is 0 Å². The topological polar surface area (TPSA) is 106 Å². The lowest BCUT2D eigenvalue weighted by atomic mass is 10.1. The van der Waals surface area contributed by atoms with Gasteiger partial charge in [-0.05, 0) is 37.6 Å². The maximum atomic E-state index is 13.0. The normalized spacial score (nSPS) is 11.6. The fraction of sp³-hybridized carbons (Fsp3) is 0.240. The standard InChI is InChI=1S/C25H25Cl2N5O3S/c1-4-12-32-21(14-22(34)29-19-11-7-10-18(26)23(19)27)30-31-25(32)36-20(5-2)24(35)28-17-9-6-8-16(13-17)15(3)33/h4,6-11,13,20H,1,5,12,14H2,2-3H3,(H,28,35)(H,29,34)/t20-/m1/s1. The number of allylic oxidation sites excluding steroid dienone is 1. The lowest BCUT2D eigenvalue weighted by Crippen LogP contribution is -2.25. The van der Waals surface area contributed by atoms with Crippen molar-refractivity contribution >= 4 is 63.9 Å². The Morgan fingerprint density at radius 3 is 2.58 bits per heavy atom. The molecule has 3 aromatic rings. The Labute approximate surface area is 223 Å². The molecule has 0 bridgehead atoms. The van der Waals surface area contributed by atoms with Crippen LogP contribution in [0.2, 0.25) is 10.0 Å². The summed E-state index contributed by atoms with van der Waals surface area (Å²) in [6.45, 7) is 7.49. The van der Waals surface area contributed by atoms with Gasteiger partial charge in [-0.25, -0.2) is 0 Å². The molecule has 0 unspecified atom stereocenters. The Kier molecular flexibility index (Phi) is 9.69. The number of anilines is 2. The summed E-state index contributed by atoms with van der Waals surface area (Å²) in [6.07, 6.45) is 2.12. The predicted octanol–water partition coefficient (Wildman–Crippen LogP) is 5.66. The third-order valence-corrected chi connectivity index (χ3v) is 7.26. The van der Waals surface area contributed by atoms with Gasteiger partial charge in [0.2, 0.25) is 11.8 Å². The molecule has 8 nitrogen and oxygen atoms in total. The van der Waals surface area contributed by atoms with Crippen LogP contribution in [-0.4, -0.2) is 37.6 Å². The minimum Gasteiger partial charge on any atom is -0.325 e. The number of hydrogen-bond donors (Lipinski definition) is 2. The number of ketones is 1. The molecule has 0 aliphatic carbocycles. The first kappa shape index (κ1) is 27.4. The average molecular weight is 546 g/mol. The molecule has 188 valence electrons. The van der Waals surface area contributed by atoms with Gasteiger partial charge in [-0.15, -0.1) is 16.8 Å². The van der Waals surface area contributed by atoms with Crippen molar-refractivity contribution in [3.63, 3.8) is 0 Å². The number of Topliss-reactive ketones (excluding diaryl/α,β-unsaturated/α-hetero) is 1. The fourth-order valence-corrected chi connectivity index (χ4v) is 4.61. The van der Waals surface area contributed by atoms with E-state index in [9.17, 15) is 14.4 Å². The van der Waals surface area contributed by atoms with Crippen molar-refractivity contribution in [3.05, 3.63) is 76.6 Å². The molecule has 11 heteroatoms. The smallest absolute Gasteiger partial charge is 0.237 e. The predicted molar refractivity (Wildman–Crippen MR) is 144 cm³/mol. The van der Waals surface area contributed by atoms with Gasteiger partial charge in [-0.1, -0.05) is 66.2 Å². The van der Waals surface area contributed by atoms with Gasteiger partial charge in [0.05, 0.1) is 27.4 Å². The van der Waals surface area contributed by atoms with E-state index in [4.69, 9.17) is 23.2 Å². The van der Waals surface area contributed by atoms with Gasteiger partial charge >= 0.3 is 0 Å². The van der Waals surface area contributed by atoms with E-state index >= 15 is 0 Å². The molecule has 2 N–H and O–H groups in total. The van der Waals surface area contributed by atoms with E-state index in [0.717, 1.165) is 0 Å². The molecular formula is C25H25Cl2N5O3S. The number of thioether (sulfide) groups is 1. The van der Waals surface area contributed by atoms with Crippen LogP contribution in [0.25, 0.3) is 0 Å². The summed E-state index contributed by atoms with van der Waals surface area (Å²) in [6, 6.07) is 11.7. The zero-order valence-electron chi connectivity index (χ0n) is 19.8. The summed E-state index contributed by atoms with van der Waals surface area (Å²) in [5, 5.41) is 14.6. The molecule has 0 aliphatic heterocycles. The molecule has 2 aromatic carbocycles. The molecule has 3 rings (SSSR count). The lowest BCUT2D eigenvalue weighted by molar-refractivity contribution is -0.116. The third kappa shape index (κ3) is 6.96. The number of benzene rings is 2. The van der Waals surface area contributed by atoms with Crippen molar-refractivity contribution in [2.75, 3.05) is 10.6 Å². The summed E-state index contributed by atoms with van der Waals surface area (Å²) < 4.78 is 1.74. The van der Waals surface area contributed by atoms with Crippen molar-refractivity contribution in [2.24, 2.45) is 0 Å². The van der Waals surface area contributed by atoms with E-state index < -0.39 is 5.25 Å². The number of amides is 2. The van der Waals surface area contributed by atoms with E-state index in [1.54, 1.807) is 53.1 Å². The van der Waals surface area contributed by atoms with Gasteiger partial charge < -0.3 is 15.2 Å². The van der Waals surface area contributed by atoms with Crippen molar-refractivity contribution in [2.45, 2.75) is 43.6 Å². The largest absolute Gasteiger partial charge is 0.325 e. The van der Waals surface area contributed by atoms with Crippen LogP contribution in [-0.2, 0) is 22.6 Å². The van der Waals surface area contributed by atoms with E-state index in [1.807, 2.05) is 6.92 Å². The van der Waals surface area contributed by atoms with Crippen LogP contribution in [0.1, 0.15) is 36.5 Å². The Morgan fingerprint density at radius 1 is 1.14 bits per heavy atom. The molecule has 0 aliphatic rings. The van der Waals surface area contributed by atoms with Gasteiger partial charge in [-0.3, -0.25) is 14.4 Å². The minimum atomic E-state index is -0.481. The van der Waals surface area contributed by atoms with Crippen LogP contribution >= 0.6 is 35.0 Å². The molecule has 0 saturated heterocycles. The second-order valence-corrected chi connectivity index (χ2v) is 9.72. The highest BCUT2D eigenvalue weighted by Crippen LogP contribution is 2.30. The van der Waals surface area contributed by atoms with E-state index in [-0.39, 0.29) is 29.0 Å². The van der Waals surface area contributed by atoms with E-state index in [2.05, 4.69) is 27.4 Å². The average Bonchev–Trinajstić information content (AvgIpc) is 3.21. The van der Waals surface area contributed by atoms with Gasteiger partial charge in [0, 0.05) is 17.8 Å². The molecule has 1 heterocycles. The highest BCUT2D eigenvalue weighted by molar-refractivity contribution is 8.00. The van der Waals surface area contributed by atoms with Crippen LogP contribution < -0.4 is 10.6 Å². The first-order valence-corrected chi connectivity index (χ1v) is 12.7. The lowest BCUT2D eigenvalue weighted by Gasteiger charge is -2.15. The van der Waals surface area contributed by atoms with Gasteiger partial charge in [0.25, 0.3) is 0 Å². The van der Waals surface area contributed by atoms with Crippen LogP contribution in [0.15, 0.2) is 60.3 Å². The molecular weight excluding hydrogens is 521 g/mol. The Bertz CT molecular complexity index is 1290. The number of halogens is 2. The third-order valence-electron chi connectivity index (χ3n) is 5.10. The highest BCUT2D eigenvalue weighted by atomic mass is 35.5. The fourth-order valence-electron chi connectivity index (χ4n) is 3.28. The van der Waals surface area contributed by atoms with Crippen molar-refractivity contribution in [1.82, 2.24) is 14.8 Å². The first-order valence-electron chi connectivity index (χ1n) is 11.1. The molecule has 2 amide bonds.